The number of alkyl halides is 3. The summed E-state index contributed by atoms with van der Waals surface area (Å²) in [5.41, 5.74) is 0.504. The predicted molar refractivity (Wildman–Crippen MR) is 63.4 cm³/mol. The molecule has 18 heavy (non-hydrogen) atoms. The molecule has 1 N–H and O–H groups in total. The topological polar surface area (TPSA) is 12.0 Å². The third-order valence-corrected chi connectivity index (χ3v) is 4.18. The lowest BCUT2D eigenvalue weighted by atomic mass is 9.86. The van der Waals surface area contributed by atoms with E-state index in [0.29, 0.717) is 18.0 Å². The average Bonchev–Trinajstić information content (AvgIpc) is 2.67. The molecule has 2 fully saturated rings. The van der Waals surface area contributed by atoms with Crippen LogP contribution in [0.3, 0.4) is 0 Å². The van der Waals surface area contributed by atoms with Crippen molar-refractivity contribution in [2.45, 2.75) is 49.9 Å². The Balaban J connectivity index is 1.77. The van der Waals surface area contributed by atoms with Crippen molar-refractivity contribution in [3.63, 3.8) is 0 Å². The fourth-order valence-corrected chi connectivity index (χ4v) is 3.27. The second-order valence-electron chi connectivity index (χ2n) is 5.43. The molecule has 0 amide bonds. The normalized spacial score (nSPS) is 31.6. The first kappa shape index (κ1) is 12.0. The van der Waals surface area contributed by atoms with Gasteiger partial charge in [-0.2, -0.15) is 13.2 Å². The van der Waals surface area contributed by atoms with Crippen molar-refractivity contribution in [3.05, 3.63) is 35.4 Å². The molecule has 0 aromatic heterocycles. The van der Waals surface area contributed by atoms with Crippen LogP contribution in [-0.4, -0.2) is 12.1 Å². The van der Waals surface area contributed by atoms with Gasteiger partial charge in [-0.25, -0.2) is 0 Å². The van der Waals surface area contributed by atoms with E-state index in [1.165, 1.54) is 25.0 Å². The Morgan fingerprint density at radius 1 is 0.944 bits per heavy atom. The van der Waals surface area contributed by atoms with Crippen LogP contribution in [-0.2, 0) is 6.18 Å². The third-order valence-electron chi connectivity index (χ3n) is 4.18. The zero-order valence-corrected chi connectivity index (χ0v) is 10.0. The molecule has 2 unspecified atom stereocenters. The maximum absolute atomic E-state index is 12.5. The van der Waals surface area contributed by atoms with E-state index in [1.54, 1.807) is 12.1 Å². The number of piperidine rings is 1. The lowest BCUT2D eigenvalue weighted by Gasteiger charge is -2.29. The Kier molecular flexibility index (Phi) is 2.85. The first-order chi connectivity index (χ1) is 8.52. The number of halogens is 3. The van der Waals surface area contributed by atoms with E-state index in [4.69, 9.17) is 0 Å². The maximum Gasteiger partial charge on any atom is 0.416 e. The molecule has 0 spiro atoms. The molecule has 3 rings (SSSR count). The highest BCUT2D eigenvalue weighted by Gasteiger charge is 2.35. The van der Waals surface area contributed by atoms with Crippen molar-refractivity contribution in [1.82, 2.24) is 5.32 Å². The first-order valence-corrected chi connectivity index (χ1v) is 6.45. The van der Waals surface area contributed by atoms with Crippen LogP contribution in [0.15, 0.2) is 24.3 Å². The molecule has 1 aromatic carbocycles. The van der Waals surface area contributed by atoms with E-state index in [2.05, 4.69) is 5.32 Å². The molecule has 2 saturated heterocycles. The Labute approximate surface area is 104 Å². The predicted octanol–water partition coefficient (Wildman–Crippen LogP) is 3.70. The van der Waals surface area contributed by atoms with Gasteiger partial charge in [0.2, 0.25) is 0 Å². The van der Waals surface area contributed by atoms with Crippen molar-refractivity contribution in [3.8, 4) is 0 Å². The minimum Gasteiger partial charge on any atom is -0.311 e. The highest BCUT2D eigenvalue weighted by Crippen LogP contribution is 2.38. The van der Waals surface area contributed by atoms with Gasteiger partial charge in [0.1, 0.15) is 0 Å². The van der Waals surface area contributed by atoms with Crippen LogP contribution in [0.2, 0.25) is 0 Å². The zero-order valence-electron chi connectivity index (χ0n) is 10.0. The molecule has 2 heterocycles. The summed E-state index contributed by atoms with van der Waals surface area (Å²) in [4.78, 5) is 0. The molecule has 0 aliphatic carbocycles. The van der Waals surface area contributed by atoms with Gasteiger partial charge in [0, 0.05) is 12.1 Å². The largest absolute Gasteiger partial charge is 0.416 e. The quantitative estimate of drug-likeness (QED) is 0.806. The van der Waals surface area contributed by atoms with Crippen molar-refractivity contribution >= 4 is 0 Å². The molecule has 2 aliphatic rings. The average molecular weight is 255 g/mol. The van der Waals surface area contributed by atoms with Gasteiger partial charge in [-0.05, 0) is 49.3 Å². The lowest BCUT2D eigenvalue weighted by Crippen LogP contribution is -2.37. The summed E-state index contributed by atoms with van der Waals surface area (Å²) >= 11 is 0. The standard InChI is InChI=1S/C14H16F3N/c15-14(16,17)11-3-1-9(2-4-11)10-7-12-5-6-13(8-10)18-12/h1-4,10,12-13,18H,5-8H2. The SMILES string of the molecule is FC(F)(F)c1ccc(C2CC3CCC(C2)N3)cc1. The lowest BCUT2D eigenvalue weighted by molar-refractivity contribution is -0.137. The van der Waals surface area contributed by atoms with Crippen molar-refractivity contribution in [2.75, 3.05) is 0 Å². The van der Waals surface area contributed by atoms with Crippen LogP contribution >= 0.6 is 0 Å². The molecule has 1 nitrogen and oxygen atoms in total. The molecule has 0 radical (unpaired) electrons. The fourth-order valence-electron chi connectivity index (χ4n) is 3.27. The smallest absolute Gasteiger partial charge is 0.311 e. The van der Waals surface area contributed by atoms with E-state index >= 15 is 0 Å². The van der Waals surface area contributed by atoms with Crippen molar-refractivity contribution < 1.29 is 13.2 Å². The van der Waals surface area contributed by atoms with Crippen LogP contribution in [0.25, 0.3) is 0 Å². The number of benzene rings is 1. The second-order valence-corrected chi connectivity index (χ2v) is 5.43. The van der Waals surface area contributed by atoms with Crippen LogP contribution in [0, 0.1) is 0 Å². The molecular weight excluding hydrogens is 239 g/mol. The molecule has 0 saturated carbocycles. The number of rotatable bonds is 1. The fraction of sp³-hybridized carbons (Fsp3) is 0.571. The molecule has 2 atom stereocenters. The van der Waals surface area contributed by atoms with Crippen molar-refractivity contribution in [2.24, 2.45) is 0 Å². The van der Waals surface area contributed by atoms with E-state index in [0.717, 1.165) is 18.4 Å². The molecular formula is C14H16F3N. The monoisotopic (exact) mass is 255 g/mol. The summed E-state index contributed by atoms with van der Waals surface area (Å²) in [5.74, 6) is 0.422. The number of nitrogens with one attached hydrogen (secondary N) is 1. The van der Waals surface area contributed by atoms with Crippen LogP contribution in [0.5, 0.6) is 0 Å². The molecule has 98 valence electrons. The zero-order chi connectivity index (χ0) is 12.8. The van der Waals surface area contributed by atoms with Gasteiger partial charge in [-0.3, -0.25) is 0 Å². The Bertz CT molecular complexity index is 412. The third kappa shape index (κ3) is 2.26. The van der Waals surface area contributed by atoms with Crippen LogP contribution < -0.4 is 5.32 Å². The van der Waals surface area contributed by atoms with E-state index in [-0.39, 0.29) is 0 Å². The van der Waals surface area contributed by atoms with Gasteiger partial charge in [0.25, 0.3) is 0 Å². The van der Waals surface area contributed by atoms with E-state index in [9.17, 15) is 13.2 Å². The number of hydrogen-bond donors (Lipinski definition) is 1. The van der Waals surface area contributed by atoms with Crippen molar-refractivity contribution in [1.29, 1.82) is 0 Å². The molecule has 4 heteroatoms. The van der Waals surface area contributed by atoms with E-state index < -0.39 is 11.7 Å². The van der Waals surface area contributed by atoms with Gasteiger partial charge in [0.05, 0.1) is 5.56 Å². The summed E-state index contributed by atoms with van der Waals surface area (Å²) in [6, 6.07) is 6.85. The Hall–Kier alpha value is -1.03. The summed E-state index contributed by atoms with van der Waals surface area (Å²) in [6.07, 6.45) is 0.305. The Morgan fingerprint density at radius 3 is 2.00 bits per heavy atom. The van der Waals surface area contributed by atoms with Gasteiger partial charge in [-0.1, -0.05) is 12.1 Å². The molecule has 2 bridgehead atoms. The minimum absolute atomic E-state index is 0.422. The number of hydrogen-bond acceptors (Lipinski definition) is 1. The van der Waals surface area contributed by atoms with Gasteiger partial charge >= 0.3 is 6.18 Å². The highest BCUT2D eigenvalue weighted by molar-refractivity contribution is 5.28. The molecule has 2 aliphatic heterocycles. The van der Waals surface area contributed by atoms with Crippen LogP contribution in [0.1, 0.15) is 42.7 Å². The van der Waals surface area contributed by atoms with E-state index in [1.807, 2.05) is 0 Å². The maximum atomic E-state index is 12.5. The summed E-state index contributed by atoms with van der Waals surface area (Å²) in [7, 11) is 0. The minimum atomic E-state index is -4.23. The van der Waals surface area contributed by atoms with Crippen LogP contribution in [0.4, 0.5) is 13.2 Å². The summed E-state index contributed by atoms with van der Waals surface area (Å²) in [5, 5.41) is 3.55. The first-order valence-electron chi connectivity index (χ1n) is 6.45. The van der Waals surface area contributed by atoms with Gasteiger partial charge in [-0.15, -0.1) is 0 Å². The van der Waals surface area contributed by atoms with Gasteiger partial charge in [0.15, 0.2) is 0 Å². The highest BCUT2D eigenvalue weighted by atomic mass is 19.4. The second kappa shape index (κ2) is 4.26. The Morgan fingerprint density at radius 2 is 1.50 bits per heavy atom. The molecule has 1 aromatic rings. The van der Waals surface area contributed by atoms with Gasteiger partial charge < -0.3 is 5.32 Å². The summed E-state index contributed by atoms with van der Waals surface area (Å²) < 4.78 is 37.5. The summed E-state index contributed by atoms with van der Waals surface area (Å²) in [6.45, 7) is 0. The number of fused-ring (bicyclic) bond motifs is 2.